The molecule has 0 unspecified atom stereocenters. The first-order chi connectivity index (χ1) is 7.88. The highest BCUT2D eigenvalue weighted by Gasteiger charge is 2.12. The first kappa shape index (κ1) is 9.71. The summed E-state index contributed by atoms with van der Waals surface area (Å²) >= 11 is 0. The standard InChI is InChI=1S/C15H16O/c1-16-13-8-9-15-12(10-13)7-6-11-4-2-3-5-14(11)15/h6-10H,2-5H2,1H3. The van der Waals surface area contributed by atoms with Gasteiger partial charge in [-0.15, -0.1) is 0 Å². The average Bonchev–Trinajstić information content (AvgIpc) is 2.38. The van der Waals surface area contributed by atoms with E-state index in [1.54, 1.807) is 18.2 Å². The van der Waals surface area contributed by atoms with E-state index in [9.17, 15) is 0 Å². The summed E-state index contributed by atoms with van der Waals surface area (Å²) in [6.07, 6.45) is 5.16. The van der Waals surface area contributed by atoms with Crippen LogP contribution in [0, 0.1) is 0 Å². The van der Waals surface area contributed by atoms with E-state index in [2.05, 4.69) is 30.3 Å². The second-order valence-corrected chi connectivity index (χ2v) is 4.50. The van der Waals surface area contributed by atoms with E-state index in [0.29, 0.717) is 0 Å². The lowest BCUT2D eigenvalue weighted by Crippen LogP contribution is -2.02. The van der Waals surface area contributed by atoms with Gasteiger partial charge in [0.1, 0.15) is 5.75 Å². The molecule has 1 aliphatic rings. The van der Waals surface area contributed by atoms with E-state index in [0.717, 1.165) is 5.75 Å². The van der Waals surface area contributed by atoms with Crippen LogP contribution in [0.15, 0.2) is 30.3 Å². The fraction of sp³-hybridized carbons (Fsp3) is 0.333. The Kier molecular flexibility index (Phi) is 2.32. The summed E-state index contributed by atoms with van der Waals surface area (Å²) in [6, 6.07) is 10.9. The second-order valence-electron chi connectivity index (χ2n) is 4.50. The molecule has 0 amide bonds. The van der Waals surface area contributed by atoms with Crippen LogP contribution in [0.5, 0.6) is 5.75 Å². The summed E-state index contributed by atoms with van der Waals surface area (Å²) in [7, 11) is 1.72. The Bertz CT molecular complexity index is 528. The Hall–Kier alpha value is -1.50. The highest BCUT2D eigenvalue weighted by Crippen LogP contribution is 2.30. The van der Waals surface area contributed by atoms with Gasteiger partial charge >= 0.3 is 0 Å². The molecule has 0 spiro atoms. The van der Waals surface area contributed by atoms with Gasteiger partial charge < -0.3 is 4.74 Å². The maximum absolute atomic E-state index is 5.27. The number of hydrogen-bond acceptors (Lipinski definition) is 1. The van der Waals surface area contributed by atoms with Crippen LogP contribution in [-0.2, 0) is 12.8 Å². The van der Waals surface area contributed by atoms with Crippen molar-refractivity contribution in [3.8, 4) is 5.75 Å². The zero-order valence-electron chi connectivity index (χ0n) is 9.62. The largest absolute Gasteiger partial charge is 0.497 e. The lowest BCUT2D eigenvalue weighted by molar-refractivity contribution is 0.415. The molecule has 0 fully saturated rings. The summed E-state index contributed by atoms with van der Waals surface area (Å²) in [6.45, 7) is 0. The Balaban J connectivity index is 2.24. The van der Waals surface area contributed by atoms with Gasteiger partial charge in [-0.25, -0.2) is 0 Å². The van der Waals surface area contributed by atoms with Crippen LogP contribution in [0.3, 0.4) is 0 Å². The van der Waals surface area contributed by atoms with Crippen LogP contribution < -0.4 is 4.74 Å². The van der Waals surface area contributed by atoms with Crippen molar-refractivity contribution in [2.45, 2.75) is 25.7 Å². The lowest BCUT2D eigenvalue weighted by atomic mass is 9.88. The molecule has 1 heteroatoms. The maximum Gasteiger partial charge on any atom is 0.119 e. The number of aryl methyl sites for hydroxylation is 2. The number of fused-ring (bicyclic) bond motifs is 3. The van der Waals surface area contributed by atoms with Crippen molar-refractivity contribution in [1.29, 1.82) is 0 Å². The fourth-order valence-corrected chi connectivity index (χ4v) is 2.69. The Morgan fingerprint density at radius 2 is 1.88 bits per heavy atom. The Labute approximate surface area is 96.0 Å². The highest BCUT2D eigenvalue weighted by atomic mass is 16.5. The zero-order chi connectivity index (χ0) is 11.0. The van der Waals surface area contributed by atoms with Gasteiger partial charge in [-0.2, -0.15) is 0 Å². The van der Waals surface area contributed by atoms with E-state index in [4.69, 9.17) is 4.74 Å². The van der Waals surface area contributed by atoms with E-state index < -0.39 is 0 Å². The van der Waals surface area contributed by atoms with Crippen molar-refractivity contribution in [2.24, 2.45) is 0 Å². The summed E-state index contributed by atoms with van der Waals surface area (Å²) in [5, 5.41) is 2.72. The minimum Gasteiger partial charge on any atom is -0.497 e. The number of methoxy groups -OCH3 is 1. The first-order valence-corrected chi connectivity index (χ1v) is 5.97. The van der Waals surface area contributed by atoms with E-state index >= 15 is 0 Å². The third kappa shape index (κ3) is 1.47. The molecule has 1 aliphatic carbocycles. The highest BCUT2D eigenvalue weighted by molar-refractivity contribution is 5.88. The van der Waals surface area contributed by atoms with E-state index in [-0.39, 0.29) is 0 Å². The molecule has 0 atom stereocenters. The molecule has 82 valence electrons. The van der Waals surface area contributed by atoms with Gasteiger partial charge in [0, 0.05) is 0 Å². The van der Waals surface area contributed by atoms with E-state index in [1.807, 2.05) is 0 Å². The minimum absolute atomic E-state index is 0.947. The molecule has 2 aromatic rings. The number of ether oxygens (including phenoxy) is 1. The molecule has 0 saturated carbocycles. The monoisotopic (exact) mass is 212 g/mol. The number of benzene rings is 2. The van der Waals surface area contributed by atoms with Crippen molar-refractivity contribution in [3.05, 3.63) is 41.5 Å². The van der Waals surface area contributed by atoms with Crippen molar-refractivity contribution < 1.29 is 4.74 Å². The quantitative estimate of drug-likeness (QED) is 0.700. The predicted octanol–water partition coefficient (Wildman–Crippen LogP) is 3.73. The topological polar surface area (TPSA) is 9.23 Å². The lowest BCUT2D eigenvalue weighted by Gasteiger charge is -2.18. The molecule has 0 radical (unpaired) electrons. The predicted molar refractivity (Wildman–Crippen MR) is 67.1 cm³/mol. The van der Waals surface area contributed by atoms with Crippen LogP contribution in [0.25, 0.3) is 10.8 Å². The molecule has 0 heterocycles. The number of hydrogen-bond donors (Lipinski definition) is 0. The summed E-state index contributed by atoms with van der Waals surface area (Å²) in [5.74, 6) is 0.947. The van der Waals surface area contributed by atoms with Crippen LogP contribution in [0.4, 0.5) is 0 Å². The molecule has 16 heavy (non-hydrogen) atoms. The summed E-state index contributed by atoms with van der Waals surface area (Å²) in [4.78, 5) is 0. The second kappa shape index (κ2) is 3.82. The van der Waals surface area contributed by atoms with Gasteiger partial charge in [-0.1, -0.05) is 18.2 Å². The molecule has 2 aromatic carbocycles. The van der Waals surface area contributed by atoms with Crippen molar-refractivity contribution in [3.63, 3.8) is 0 Å². The van der Waals surface area contributed by atoms with Crippen molar-refractivity contribution in [1.82, 2.24) is 0 Å². The fourth-order valence-electron chi connectivity index (χ4n) is 2.69. The summed E-state index contributed by atoms with van der Waals surface area (Å²) < 4.78 is 5.27. The van der Waals surface area contributed by atoms with Gasteiger partial charge in [0.25, 0.3) is 0 Å². The van der Waals surface area contributed by atoms with Gasteiger partial charge in [-0.05, 0) is 59.7 Å². The van der Waals surface area contributed by atoms with Crippen LogP contribution in [0.1, 0.15) is 24.0 Å². The first-order valence-electron chi connectivity index (χ1n) is 5.97. The molecule has 0 saturated heterocycles. The van der Waals surface area contributed by atoms with E-state index in [1.165, 1.54) is 36.5 Å². The van der Waals surface area contributed by atoms with Crippen LogP contribution in [0.2, 0.25) is 0 Å². The average molecular weight is 212 g/mol. The maximum atomic E-state index is 5.27. The number of rotatable bonds is 1. The third-order valence-corrected chi connectivity index (χ3v) is 3.56. The van der Waals surface area contributed by atoms with Gasteiger partial charge in [0.05, 0.1) is 7.11 Å². The zero-order valence-corrected chi connectivity index (χ0v) is 9.62. The SMILES string of the molecule is COc1ccc2c3c(ccc2c1)CCCC3. The third-order valence-electron chi connectivity index (χ3n) is 3.56. The Morgan fingerprint density at radius 3 is 2.75 bits per heavy atom. The molecular formula is C15H16O. The van der Waals surface area contributed by atoms with Gasteiger partial charge in [-0.3, -0.25) is 0 Å². The molecule has 0 aliphatic heterocycles. The minimum atomic E-state index is 0.947. The molecule has 0 N–H and O–H groups in total. The van der Waals surface area contributed by atoms with Crippen molar-refractivity contribution >= 4 is 10.8 Å². The van der Waals surface area contributed by atoms with Crippen LogP contribution in [-0.4, -0.2) is 7.11 Å². The smallest absolute Gasteiger partial charge is 0.119 e. The molecule has 3 rings (SSSR count). The van der Waals surface area contributed by atoms with Crippen LogP contribution >= 0.6 is 0 Å². The summed E-state index contributed by atoms with van der Waals surface area (Å²) in [5.41, 5.74) is 3.11. The van der Waals surface area contributed by atoms with Gasteiger partial charge in [0.15, 0.2) is 0 Å². The van der Waals surface area contributed by atoms with Crippen molar-refractivity contribution in [2.75, 3.05) is 7.11 Å². The normalized spacial score (nSPS) is 14.8. The molecule has 0 bridgehead atoms. The molecular weight excluding hydrogens is 196 g/mol. The molecule has 0 aromatic heterocycles. The Morgan fingerprint density at radius 1 is 1.00 bits per heavy atom. The van der Waals surface area contributed by atoms with Gasteiger partial charge in [0.2, 0.25) is 0 Å². The molecule has 1 nitrogen and oxygen atoms in total.